The molecular weight excluding hydrogens is 401 g/mol. The third-order valence-electron chi connectivity index (χ3n) is 3.80. The molecule has 0 fully saturated rings. The maximum atomic E-state index is 13.2. The summed E-state index contributed by atoms with van der Waals surface area (Å²) in [5.41, 5.74) is 0.806. The molecule has 0 saturated carbocycles. The van der Waals surface area contributed by atoms with Crippen LogP contribution in [0, 0.1) is 5.82 Å². The average Bonchev–Trinajstić information content (AvgIpc) is 3.47. The fourth-order valence-corrected chi connectivity index (χ4v) is 3.90. The van der Waals surface area contributed by atoms with Crippen molar-refractivity contribution in [1.29, 1.82) is 0 Å². The summed E-state index contributed by atoms with van der Waals surface area (Å²) in [6.45, 7) is 0. The van der Waals surface area contributed by atoms with Crippen molar-refractivity contribution in [1.82, 2.24) is 15.5 Å². The van der Waals surface area contributed by atoms with E-state index in [4.69, 9.17) is 8.83 Å². The molecule has 0 aliphatic rings. The molecule has 1 atom stereocenters. The SMILES string of the molecule is O=C(CSc1nnc(-c2ccco2)o1)N[C@@H](c1ccc(F)cc1)c1cccs1. The fourth-order valence-electron chi connectivity index (χ4n) is 2.53. The summed E-state index contributed by atoms with van der Waals surface area (Å²) >= 11 is 2.65. The van der Waals surface area contributed by atoms with E-state index < -0.39 is 0 Å². The van der Waals surface area contributed by atoms with E-state index in [2.05, 4.69) is 15.5 Å². The van der Waals surface area contributed by atoms with E-state index in [0.717, 1.165) is 22.2 Å². The summed E-state index contributed by atoms with van der Waals surface area (Å²) in [7, 11) is 0. The van der Waals surface area contributed by atoms with Gasteiger partial charge in [0.15, 0.2) is 5.76 Å². The highest BCUT2D eigenvalue weighted by Crippen LogP contribution is 2.27. The van der Waals surface area contributed by atoms with Crippen molar-refractivity contribution in [2.45, 2.75) is 11.3 Å². The molecule has 4 rings (SSSR count). The first-order valence-electron chi connectivity index (χ1n) is 8.27. The van der Waals surface area contributed by atoms with E-state index in [1.807, 2.05) is 17.5 Å². The smallest absolute Gasteiger partial charge is 0.284 e. The zero-order chi connectivity index (χ0) is 19.3. The Balaban J connectivity index is 1.41. The van der Waals surface area contributed by atoms with E-state index in [9.17, 15) is 9.18 Å². The summed E-state index contributed by atoms with van der Waals surface area (Å²) in [5.74, 6) is 0.307. The number of nitrogens with one attached hydrogen (secondary N) is 1. The molecule has 3 heterocycles. The van der Waals surface area contributed by atoms with Crippen molar-refractivity contribution in [3.63, 3.8) is 0 Å². The van der Waals surface area contributed by atoms with Gasteiger partial charge in [0.1, 0.15) is 5.82 Å². The molecule has 28 heavy (non-hydrogen) atoms. The Morgan fingerprint density at radius 3 is 2.75 bits per heavy atom. The highest BCUT2D eigenvalue weighted by molar-refractivity contribution is 7.99. The van der Waals surface area contributed by atoms with Crippen LogP contribution in [0.1, 0.15) is 16.5 Å². The predicted octanol–water partition coefficient (Wildman–Crippen LogP) is 4.53. The lowest BCUT2D eigenvalue weighted by atomic mass is 10.1. The number of hydrogen-bond donors (Lipinski definition) is 1. The number of thioether (sulfide) groups is 1. The molecule has 0 aliphatic carbocycles. The van der Waals surface area contributed by atoms with Crippen LogP contribution in [0.15, 0.2) is 74.2 Å². The third kappa shape index (κ3) is 4.32. The maximum Gasteiger partial charge on any atom is 0.284 e. The van der Waals surface area contributed by atoms with Gasteiger partial charge in [0, 0.05) is 4.88 Å². The summed E-state index contributed by atoms with van der Waals surface area (Å²) in [5, 5.41) is 13.0. The topological polar surface area (TPSA) is 81.2 Å². The van der Waals surface area contributed by atoms with Crippen LogP contribution >= 0.6 is 23.1 Å². The second kappa shape index (κ2) is 8.41. The largest absolute Gasteiger partial charge is 0.459 e. The number of furan rings is 1. The first-order chi connectivity index (χ1) is 13.7. The predicted molar refractivity (Wildman–Crippen MR) is 103 cm³/mol. The molecule has 0 unspecified atom stereocenters. The monoisotopic (exact) mass is 415 g/mol. The Kier molecular flexibility index (Phi) is 5.54. The number of nitrogens with zero attached hydrogens (tertiary/aromatic N) is 2. The number of carbonyl (C=O) groups is 1. The van der Waals surface area contributed by atoms with Crippen molar-refractivity contribution >= 4 is 29.0 Å². The molecule has 9 heteroatoms. The van der Waals surface area contributed by atoms with Gasteiger partial charge >= 0.3 is 0 Å². The van der Waals surface area contributed by atoms with E-state index in [1.165, 1.54) is 29.7 Å². The van der Waals surface area contributed by atoms with Crippen molar-refractivity contribution in [2.24, 2.45) is 0 Å². The molecule has 6 nitrogen and oxygen atoms in total. The minimum Gasteiger partial charge on any atom is -0.459 e. The lowest BCUT2D eigenvalue weighted by Gasteiger charge is -2.18. The minimum absolute atomic E-state index is 0.100. The average molecular weight is 415 g/mol. The fraction of sp³-hybridized carbons (Fsp3) is 0.105. The second-order valence-electron chi connectivity index (χ2n) is 5.71. The van der Waals surface area contributed by atoms with Gasteiger partial charge in [-0.05, 0) is 41.3 Å². The van der Waals surface area contributed by atoms with E-state index in [1.54, 1.807) is 24.3 Å². The molecule has 0 aliphatic heterocycles. The van der Waals surface area contributed by atoms with Crippen molar-refractivity contribution in [3.05, 3.63) is 76.4 Å². The molecule has 142 valence electrons. The number of carbonyl (C=O) groups excluding carboxylic acids is 1. The van der Waals surface area contributed by atoms with Crippen LogP contribution in [-0.4, -0.2) is 21.9 Å². The van der Waals surface area contributed by atoms with E-state index in [-0.39, 0.29) is 34.6 Å². The number of amides is 1. The quantitative estimate of drug-likeness (QED) is 0.447. The standard InChI is InChI=1S/C19H14FN3O3S2/c20-13-7-5-12(6-8-13)17(15-4-2-10-27-15)21-16(24)11-28-19-23-22-18(26-19)14-3-1-9-25-14/h1-10,17H,11H2,(H,21,24)/t17-/m0/s1. The minimum atomic E-state index is -0.352. The molecule has 1 N–H and O–H groups in total. The second-order valence-corrected chi connectivity index (χ2v) is 7.61. The summed E-state index contributed by atoms with van der Waals surface area (Å²) < 4.78 is 23.9. The van der Waals surface area contributed by atoms with Crippen LogP contribution < -0.4 is 5.32 Å². The molecular formula is C19H14FN3O3S2. The van der Waals surface area contributed by atoms with Crippen LogP contribution in [0.3, 0.4) is 0 Å². The number of halogens is 1. The molecule has 1 aromatic carbocycles. The zero-order valence-corrected chi connectivity index (χ0v) is 16.0. The summed E-state index contributed by atoms with van der Waals surface area (Å²) in [6, 6.07) is 13.0. The molecule has 0 saturated heterocycles. The first kappa shape index (κ1) is 18.5. The molecule has 3 aromatic heterocycles. The number of benzene rings is 1. The van der Waals surface area contributed by atoms with Crippen LogP contribution in [0.25, 0.3) is 11.7 Å². The molecule has 4 aromatic rings. The van der Waals surface area contributed by atoms with Gasteiger partial charge in [0.25, 0.3) is 11.1 Å². The zero-order valence-electron chi connectivity index (χ0n) is 14.4. The lowest BCUT2D eigenvalue weighted by Crippen LogP contribution is -2.30. The van der Waals surface area contributed by atoms with Crippen molar-refractivity contribution in [2.75, 3.05) is 5.75 Å². The van der Waals surface area contributed by atoms with Crippen LogP contribution in [-0.2, 0) is 4.79 Å². The number of rotatable bonds is 7. The van der Waals surface area contributed by atoms with Gasteiger partial charge in [0.05, 0.1) is 18.1 Å². The highest BCUT2D eigenvalue weighted by Gasteiger charge is 2.19. The van der Waals surface area contributed by atoms with Gasteiger partial charge in [-0.1, -0.05) is 30.0 Å². The van der Waals surface area contributed by atoms with Crippen LogP contribution in [0.5, 0.6) is 0 Å². The summed E-state index contributed by atoms with van der Waals surface area (Å²) in [6.07, 6.45) is 1.51. The Morgan fingerprint density at radius 2 is 2.04 bits per heavy atom. The van der Waals surface area contributed by atoms with E-state index in [0.29, 0.717) is 5.76 Å². The van der Waals surface area contributed by atoms with Gasteiger partial charge in [-0.3, -0.25) is 4.79 Å². The van der Waals surface area contributed by atoms with Gasteiger partial charge < -0.3 is 14.2 Å². The normalized spacial score (nSPS) is 12.0. The summed E-state index contributed by atoms with van der Waals surface area (Å²) in [4.78, 5) is 13.4. The Hall–Kier alpha value is -2.91. The van der Waals surface area contributed by atoms with Gasteiger partial charge in [0.2, 0.25) is 5.91 Å². The Morgan fingerprint density at radius 1 is 1.18 bits per heavy atom. The number of aromatic nitrogens is 2. The van der Waals surface area contributed by atoms with E-state index >= 15 is 0 Å². The number of thiophene rings is 1. The van der Waals surface area contributed by atoms with Gasteiger partial charge in [-0.25, -0.2) is 4.39 Å². The highest BCUT2D eigenvalue weighted by atomic mass is 32.2. The maximum absolute atomic E-state index is 13.2. The molecule has 0 bridgehead atoms. The van der Waals surface area contributed by atoms with Crippen molar-refractivity contribution in [3.8, 4) is 11.7 Å². The van der Waals surface area contributed by atoms with Crippen LogP contribution in [0.2, 0.25) is 0 Å². The van der Waals surface area contributed by atoms with Crippen molar-refractivity contribution < 1.29 is 18.0 Å². The Bertz CT molecular complexity index is 1030. The Labute approximate surface area is 167 Å². The third-order valence-corrected chi connectivity index (χ3v) is 5.56. The molecule has 0 radical (unpaired) electrons. The lowest BCUT2D eigenvalue weighted by molar-refractivity contribution is -0.119. The number of hydrogen-bond acceptors (Lipinski definition) is 7. The van der Waals surface area contributed by atoms with Gasteiger partial charge in [-0.15, -0.1) is 21.5 Å². The molecule has 1 amide bonds. The van der Waals surface area contributed by atoms with Crippen LogP contribution in [0.4, 0.5) is 4.39 Å². The van der Waals surface area contributed by atoms with Gasteiger partial charge in [-0.2, -0.15) is 0 Å². The first-order valence-corrected chi connectivity index (χ1v) is 10.1. The molecule has 0 spiro atoms.